The fourth-order valence-electron chi connectivity index (χ4n) is 3.43. The molecule has 3 N–H and O–H groups in total. The first-order chi connectivity index (χ1) is 16.5. The molecule has 0 amide bonds. The number of rotatable bonds is 9. The molecule has 0 aliphatic carbocycles. The summed E-state index contributed by atoms with van der Waals surface area (Å²) in [4.78, 5) is 25.2. The number of para-hydroxylation sites is 1. The molecule has 0 saturated heterocycles. The quantitative estimate of drug-likeness (QED) is 0.161. The largest absolute Gasteiger partial charge is 0.483 e. The maximum absolute atomic E-state index is 13.2. The average molecular weight is 463 g/mol. The third kappa shape index (κ3) is 5.12. The van der Waals surface area contributed by atoms with Crippen molar-refractivity contribution in [2.75, 3.05) is 6.61 Å². The number of tetrazole rings is 1. The number of carbonyl (C=O) groups excluding carboxylic acids is 2. The number of aromatic nitrogens is 4. The van der Waals surface area contributed by atoms with E-state index in [4.69, 9.17) is 19.9 Å². The lowest BCUT2D eigenvalue weighted by Gasteiger charge is -2.33. The molecule has 0 bridgehead atoms. The summed E-state index contributed by atoms with van der Waals surface area (Å²) in [6, 6.07) is 11.3. The predicted molar refractivity (Wildman–Crippen MR) is 121 cm³/mol. The van der Waals surface area contributed by atoms with Gasteiger partial charge in [-0.2, -0.15) is 5.21 Å². The van der Waals surface area contributed by atoms with Crippen molar-refractivity contribution >= 4 is 11.8 Å². The number of allylic oxidation sites excluding steroid dienone is 1. The number of esters is 1. The van der Waals surface area contributed by atoms with E-state index in [0.29, 0.717) is 17.1 Å². The summed E-state index contributed by atoms with van der Waals surface area (Å²) < 4.78 is 17.0. The van der Waals surface area contributed by atoms with E-state index in [-0.39, 0.29) is 29.5 Å². The van der Waals surface area contributed by atoms with Crippen LogP contribution in [0.15, 0.2) is 54.6 Å². The smallest absolute Gasteiger partial charge is 0.335 e. The van der Waals surface area contributed by atoms with Crippen molar-refractivity contribution in [2.24, 2.45) is 5.73 Å². The van der Waals surface area contributed by atoms with Crippen LogP contribution >= 0.6 is 0 Å². The number of nitrogens with zero attached hydrogens (tertiary/aromatic N) is 3. The normalized spacial score (nSPS) is 17.0. The third-order valence-corrected chi connectivity index (χ3v) is 5.24. The van der Waals surface area contributed by atoms with Crippen LogP contribution in [0.1, 0.15) is 54.4 Å². The van der Waals surface area contributed by atoms with Crippen LogP contribution < -0.4 is 19.9 Å². The summed E-state index contributed by atoms with van der Waals surface area (Å²) in [5.74, 6) is 0.241. The van der Waals surface area contributed by atoms with Crippen LogP contribution in [-0.2, 0) is 10.5 Å². The first kappa shape index (κ1) is 23.1. The molecule has 0 radical (unpaired) electrons. The minimum atomic E-state index is -1.50. The fourth-order valence-corrected chi connectivity index (χ4v) is 3.43. The molecular weight excluding hydrogens is 438 g/mol. The zero-order valence-electron chi connectivity index (χ0n) is 18.7. The second-order valence-corrected chi connectivity index (χ2v) is 7.82. The Kier molecular flexibility index (Phi) is 6.98. The SMILES string of the molecule is CCCCC/C=C/C(=O)Oc1ccc(C(=O)c2cccc3c2OC(N)(c2nn[nH]n2)CO3)cc1. The van der Waals surface area contributed by atoms with Crippen molar-refractivity contribution in [2.45, 2.75) is 38.3 Å². The first-order valence-corrected chi connectivity index (χ1v) is 11.0. The van der Waals surface area contributed by atoms with Crippen LogP contribution in [0.3, 0.4) is 0 Å². The number of nitrogens with two attached hydrogens (primary N) is 1. The van der Waals surface area contributed by atoms with Crippen LogP contribution in [0.25, 0.3) is 0 Å². The summed E-state index contributed by atoms with van der Waals surface area (Å²) in [5.41, 5.74) is 5.41. The van der Waals surface area contributed by atoms with Gasteiger partial charge in [0.15, 0.2) is 17.3 Å². The number of fused-ring (bicyclic) bond motifs is 1. The highest BCUT2D eigenvalue weighted by Crippen LogP contribution is 2.40. The number of nitrogens with one attached hydrogen (secondary N) is 1. The first-order valence-electron chi connectivity index (χ1n) is 11.0. The topological polar surface area (TPSA) is 142 Å². The highest BCUT2D eigenvalue weighted by Gasteiger charge is 2.41. The van der Waals surface area contributed by atoms with Crippen molar-refractivity contribution < 1.29 is 23.8 Å². The molecule has 2 heterocycles. The zero-order chi connectivity index (χ0) is 24.0. The number of unbranched alkanes of at least 4 members (excludes halogenated alkanes) is 3. The van der Waals surface area contributed by atoms with Crippen molar-refractivity contribution in [3.8, 4) is 17.2 Å². The molecule has 1 aliphatic heterocycles. The van der Waals surface area contributed by atoms with Gasteiger partial charge in [-0.05, 0) is 54.5 Å². The van der Waals surface area contributed by atoms with Gasteiger partial charge in [-0.3, -0.25) is 10.5 Å². The molecule has 2 aromatic carbocycles. The van der Waals surface area contributed by atoms with E-state index in [1.54, 1.807) is 42.5 Å². The monoisotopic (exact) mass is 463 g/mol. The molecule has 1 atom stereocenters. The molecule has 1 aromatic heterocycles. The zero-order valence-corrected chi connectivity index (χ0v) is 18.7. The molecule has 1 aliphatic rings. The Hall–Kier alpha value is -4.05. The van der Waals surface area contributed by atoms with E-state index in [9.17, 15) is 9.59 Å². The molecule has 3 aromatic rings. The van der Waals surface area contributed by atoms with E-state index >= 15 is 0 Å². The van der Waals surface area contributed by atoms with Gasteiger partial charge in [-0.15, -0.1) is 10.2 Å². The summed E-state index contributed by atoms with van der Waals surface area (Å²) in [6.07, 6.45) is 7.35. The Morgan fingerprint density at radius 2 is 2.03 bits per heavy atom. The number of carbonyl (C=O) groups is 2. The van der Waals surface area contributed by atoms with Gasteiger partial charge in [0.1, 0.15) is 12.4 Å². The summed E-state index contributed by atoms with van der Waals surface area (Å²) >= 11 is 0. The molecule has 176 valence electrons. The van der Waals surface area contributed by atoms with Gasteiger partial charge >= 0.3 is 5.97 Å². The average Bonchev–Trinajstić information content (AvgIpc) is 3.40. The van der Waals surface area contributed by atoms with Gasteiger partial charge in [0.05, 0.1) is 5.56 Å². The van der Waals surface area contributed by atoms with Crippen molar-refractivity contribution in [3.63, 3.8) is 0 Å². The minimum Gasteiger partial charge on any atom is -0.483 e. The number of benzene rings is 2. The number of ether oxygens (including phenoxy) is 3. The molecular formula is C24H25N5O5. The van der Waals surface area contributed by atoms with Crippen LogP contribution in [0.4, 0.5) is 0 Å². The van der Waals surface area contributed by atoms with Gasteiger partial charge < -0.3 is 14.2 Å². The van der Waals surface area contributed by atoms with Crippen molar-refractivity contribution in [1.29, 1.82) is 0 Å². The van der Waals surface area contributed by atoms with E-state index in [1.165, 1.54) is 6.08 Å². The minimum absolute atomic E-state index is 0.0513. The lowest BCUT2D eigenvalue weighted by atomic mass is 10.0. The van der Waals surface area contributed by atoms with E-state index in [1.807, 2.05) is 6.08 Å². The lowest BCUT2D eigenvalue weighted by Crippen LogP contribution is -2.51. The van der Waals surface area contributed by atoms with Crippen LogP contribution in [0.2, 0.25) is 0 Å². The van der Waals surface area contributed by atoms with Gasteiger partial charge in [0.25, 0.3) is 5.72 Å². The van der Waals surface area contributed by atoms with Gasteiger partial charge in [0, 0.05) is 11.6 Å². The molecule has 34 heavy (non-hydrogen) atoms. The molecule has 10 heteroatoms. The number of hydrogen-bond donors (Lipinski definition) is 2. The summed E-state index contributed by atoms with van der Waals surface area (Å²) in [7, 11) is 0. The van der Waals surface area contributed by atoms with Gasteiger partial charge in [0.2, 0.25) is 5.82 Å². The van der Waals surface area contributed by atoms with E-state index < -0.39 is 11.7 Å². The molecule has 0 spiro atoms. The van der Waals surface area contributed by atoms with E-state index in [2.05, 4.69) is 27.5 Å². The third-order valence-electron chi connectivity index (χ3n) is 5.24. The Balaban J connectivity index is 1.47. The van der Waals surface area contributed by atoms with E-state index in [0.717, 1.165) is 25.7 Å². The van der Waals surface area contributed by atoms with Gasteiger partial charge in [-0.25, -0.2) is 4.79 Å². The highest BCUT2D eigenvalue weighted by molar-refractivity contribution is 6.11. The molecule has 0 saturated carbocycles. The van der Waals surface area contributed by atoms with Crippen molar-refractivity contribution in [1.82, 2.24) is 20.6 Å². The Morgan fingerprint density at radius 3 is 2.76 bits per heavy atom. The Labute approximate surface area is 196 Å². The number of ketones is 1. The number of hydrogen-bond acceptors (Lipinski definition) is 9. The molecule has 10 nitrogen and oxygen atoms in total. The molecule has 0 fully saturated rings. The maximum atomic E-state index is 13.2. The second kappa shape index (κ2) is 10.3. The number of aromatic amines is 1. The second-order valence-electron chi connectivity index (χ2n) is 7.82. The Morgan fingerprint density at radius 1 is 1.21 bits per heavy atom. The number of H-pyrrole nitrogens is 1. The summed E-state index contributed by atoms with van der Waals surface area (Å²) in [6.45, 7) is 2.08. The van der Waals surface area contributed by atoms with Gasteiger partial charge in [-0.1, -0.05) is 31.9 Å². The summed E-state index contributed by atoms with van der Waals surface area (Å²) in [5, 5.41) is 13.6. The molecule has 1 unspecified atom stereocenters. The maximum Gasteiger partial charge on any atom is 0.335 e. The van der Waals surface area contributed by atoms with Crippen molar-refractivity contribution in [3.05, 3.63) is 71.6 Å². The van der Waals surface area contributed by atoms with Crippen LogP contribution in [0, 0.1) is 0 Å². The highest BCUT2D eigenvalue weighted by atomic mass is 16.6. The predicted octanol–water partition coefficient (Wildman–Crippen LogP) is 3.06. The fraction of sp³-hybridized carbons (Fsp3) is 0.292. The van der Waals surface area contributed by atoms with Crippen LogP contribution in [0.5, 0.6) is 17.2 Å². The molecule has 4 rings (SSSR count). The standard InChI is InChI=1S/C24H25N5O5/c1-2-3-4-5-6-10-20(30)33-17-13-11-16(12-14-17)21(31)18-8-7-9-19-22(18)34-24(25,15-32-19)23-26-28-29-27-23/h6-14H,2-5,15,25H2,1H3,(H,26,27,28,29)/b10-6+. The Bertz CT molecular complexity index is 1180. The lowest BCUT2D eigenvalue weighted by molar-refractivity contribution is -0.129. The van der Waals surface area contributed by atoms with Crippen LogP contribution in [-0.4, -0.2) is 39.0 Å².